The van der Waals surface area contributed by atoms with Crippen LogP contribution in [0.4, 0.5) is 30.2 Å². The van der Waals surface area contributed by atoms with Crippen LogP contribution < -0.4 is 26.6 Å². The smallest absolute Gasteiger partial charge is 0.383 e. The van der Waals surface area contributed by atoms with Crippen molar-refractivity contribution < 1.29 is 18.0 Å². The number of rotatable bonds is 8. The van der Waals surface area contributed by atoms with E-state index in [4.69, 9.17) is 11.6 Å². The summed E-state index contributed by atoms with van der Waals surface area (Å²) < 4.78 is 42.9. The third kappa shape index (κ3) is 6.29. The Bertz CT molecular complexity index is 1420. The van der Waals surface area contributed by atoms with E-state index < -0.39 is 22.7 Å². The summed E-state index contributed by atoms with van der Waals surface area (Å²) in [4.78, 5) is 15.0. The number of aromatic nitrogens is 2. The summed E-state index contributed by atoms with van der Waals surface area (Å²) >= 11 is 6.07. The highest BCUT2D eigenvalue weighted by Crippen LogP contribution is 2.39. The van der Waals surface area contributed by atoms with E-state index in [-0.39, 0.29) is 11.3 Å². The quantitative estimate of drug-likeness (QED) is 0.315. The maximum absolute atomic E-state index is 13.7. The van der Waals surface area contributed by atoms with Crippen LogP contribution in [-0.4, -0.2) is 47.8 Å². The van der Waals surface area contributed by atoms with E-state index in [9.17, 15) is 18.0 Å². The molecule has 3 aromatic rings. The molecular formula is C26H30ClF3N8O. The number of likely N-dealkylation sites (N-methyl/N-ethyl adjacent to an activating group) is 1. The summed E-state index contributed by atoms with van der Waals surface area (Å²) in [6, 6.07) is 7.32. The van der Waals surface area contributed by atoms with E-state index in [2.05, 4.69) is 26.7 Å². The molecule has 2 heterocycles. The summed E-state index contributed by atoms with van der Waals surface area (Å²) in [6.45, 7) is 4.78. The minimum atomic E-state index is -4.73. The number of hydrazine groups is 2. The molecular weight excluding hydrogens is 533 g/mol. The Balaban J connectivity index is 1.59. The van der Waals surface area contributed by atoms with Gasteiger partial charge in [-0.05, 0) is 57.8 Å². The SMILES string of the molecule is Cc1ccc(NC(=O)c2cc(NCCN(C)C)c(Cl)c(C(F)(F)F)c2)cc1N1C=C(c2cnn(C)c2C)NN1. The first-order valence-electron chi connectivity index (χ1n) is 12.1. The van der Waals surface area contributed by atoms with Crippen molar-refractivity contribution >= 4 is 40.3 Å². The highest BCUT2D eigenvalue weighted by atomic mass is 35.5. The Hall–Kier alpha value is -3.74. The third-order valence-electron chi connectivity index (χ3n) is 6.34. The molecule has 9 nitrogen and oxygen atoms in total. The zero-order chi connectivity index (χ0) is 28.5. The monoisotopic (exact) mass is 562 g/mol. The van der Waals surface area contributed by atoms with Gasteiger partial charge >= 0.3 is 6.18 Å². The molecule has 1 aliphatic rings. The molecule has 1 amide bonds. The number of hydrogen-bond donors (Lipinski definition) is 4. The summed E-state index contributed by atoms with van der Waals surface area (Å²) in [7, 11) is 5.54. The van der Waals surface area contributed by atoms with Gasteiger partial charge in [0.15, 0.2) is 0 Å². The predicted molar refractivity (Wildman–Crippen MR) is 147 cm³/mol. The van der Waals surface area contributed by atoms with Crippen LogP contribution in [0.1, 0.15) is 32.7 Å². The van der Waals surface area contributed by atoms with E-state index in [0.29, 0.717) is 18.8 Å². The zero-order valence-electron chi connectivity index (χ0n) is 22.2. The van der Waals surface area contributed by atoms with Gasteiger partial charge in [0.25, 0.3) is 5.91 Å². The molecule has 0 unspecified atom stereocenters. The summed E-state index contributed by atoms with van der Waals surface area (Å²) in [5, 5.41) is 11.2. The second-order valence-corrected chi connectivity index (χ2v) is 9.86. The van der Waals surface area contributed by atoms with Gasteiger partial charge in [-0.15, -0.1) is 5.53 Å². The number of nitrogens with zero attached hydrogens (tertiary/aromatic N) is 4. The Labute approximate surface area is 229 Å². The fourth-order valence-electron chi connectivity index (χ4n) is 4.00. The summed E-state index contributed by atoms with van der Waals surface area (Å²) in [6.07, 6.45) is -1.11. The molecule has 39 heavy (non-hydrogen) atoms. The zero-order valence-corrected chi connectivity index (χ0v) is 22.9. The van der Waals surface area contributed by atoms with E-state index in [1.54, 1.807) is 28.0 Å². The van der Waals surface area contributed by atoms with Crippen molar-refractivity contribution in [1.82, 2.24) is 25.6 Å². The number of carbonyl (C=O) groups is 1. The van der Waals surface area contributed by atoms with Crippen LogP contribution in [0, 0.1) is 13.8 Å². The van der Waals surface area contributed by atoms with Crippen molar-refractivity contribution in [2.24, 2.45) is 7.05 Å². The van der Waals surface area contributed by atoms with Gasteiger partial charge in [0.2, 0.25) is 0 Å². The summed E-state index contributed by atoms with van der Waals surface area (Å²) in [5.74, 6) is -0.697. The minimum absolute atomic E-state index is 0.0405. The molecule has 0 atom stereocenters. The van der Waals surface area contributed by atoms with E-state index >= 15 is 0 Å². The standard InChI is InChI=1S/C26H30ClF3N8O/c1-15-6-7-18(12-23(15)38-14-22(34-35-38)19-13-32-37(5)16(19)2)33-25(39)17-10-20(26(28,29)30)24(27)21(11-17)31-8-9-36(3)4/h6-7,10-14,31,34-35H,8-9H2,1-5H3,(H,33,39). The summed E-state index contributed by atoms with van der Waals surface area (Å²) in [5.41, 5.74) is 9.73. The van der Waals surface area contributed by atoms with Crippen molar-refractivity contribution in [3.63, 3.8) is 0 Å². The molecule has 4 rings (SSSR count). The van der Waals surface area contributed by atoms with Crippen molar-refractivity contribution in [1.29, 1.82) is 0 Å². The number of nitrogens with one attached hydrogen (secondary N) is 4. The van der Waals surface area contributed by atoms with Crippen LogP contribution in [-0.2, 0) is 13.2 Å². The van der Waals surface area contributed by atoms with Gasteiger partial charge in [-0.3, -0.25) is 14.5 Å². The molecule has 13 heteroatoms. The number of alkyl halides is 3. The number of halogens is 4. The molecule has 208 valence electrons. The van der Waals surface area contributed by atoms with Crippen molar-refractivity contribution in [2.75, 3.05) is 42.8 Å². The molecule has 0 spiro atoms. The highest BCUT2D eigenvalue weighted by molar-refractivity contribution is 6.34. The average molecular weight is 563 g/mol. The second kappa shape index (κ2) is 11.2. The van der Waals surface area contributed by atoms with Crippen molar-refractivity contribution in [2.45, 2.75) is 20.0 Å². The first-order valence-corrected chi connectivity index (χ1v) is 12.5. The molecule has 1 aliphatic heterocycles. The van der Waals surface area contributed by atoms with Gasteiger partial charge in [0, 0.05) is 48.8 Å². The average Bonchev–Trinajstić information content (AvgIpc) is 3.47. The van der Waals surface area contributed by atoms with E-state index in [1.165, 1.54) is 6.07 Å². The van der Waals surface area contributed by atoms with Crippen LogP contribution in [0.3, 0.4) is 0 Å². The molecule has 0 saturated carbocycles. The number of anilines is 3. The maximum atomic E-state index is 13.7. The van der Waals surface area contributed by atoms with Gasteiger partial charge < -0.3 is 21.0 Å². The Morgan fingerprint density at radius 2 is 1.92 bits per heavy atom. The lowest BCUT2D eigenvalue weighted by atomic mass is 10.1. The lowest BCUT2D eigenvalue weighted by molar-refractivity contribution is -0.137. The first-order chi connectivity index (χ1) is 18.3. The lowest BCUT2D eigenvalue weighted by Gasteiger charge is -2.19. The number of hydrogen-bond acceptors (Lipinski definition) is 7. The Kier molecular flexibility index (Phi) is 8.09. The molecule has 0 saturated heterocycles. The van der Waals surface area contributed by atoms with Crippen LogP contribution in [0.2, 0.25) is 5.02 Å². The Morgan fingerprint density at radius 1 is 1.18 bits per heavy atom. The van der Waals surface area contributed by atoms with Crippen LogP contribution >= 0.6 is 11.6 Å². The number of aryl methyl sites for hydroxylation is 2. The van der Waals surface area contributed by atoms with E-state index in [1.807, 2.05) is 52.2 Å². The number of amides is 1. The van der Waals surface area contributed by atoms with E-state index in [0.717, 1.165) is 34.3 Å². The lowest BCUT2D eigenvalue weighted by Crippen LogP contribution is -2.36. The van der Waals surface area contributed by atoms with Crippen molar-refractivity contribution in [3.8, 4) is 0 Å². The van der Waals surface area contributed by atoms with Crippen LogP contribution in [0.15, 0.2) is 42.7 Å². The highest BCUT2D eigenvalue weighted by Gasteiger charge is 2.35. The number of carbonyl (C=O) groups excluding carboxylic acids is 1. The van der Waals surface area contributed by atoms with Gasteiger partial charge in [-0.2, -0.15) is 18.3 Å². The molecule has 0 bridgehead atoms. The number of benzene rings is 2. The first kappa shape index (κ1) is 28.3. The fourth-order valence-corrected chi connectivity index (χ4v) is 4.28. The molecule has 2 aromatic carbocycles. The molecule has 1 aromatic heterocycles. The topological polar surface area (TPSA) is 89.5 Å². The normalized spacial score (nSPS) is 13.5. The molecule has 0 fully saturated rings. The largest absolute Gasteiger partial charge is 0.417 e. The minimum Gasteiger partial charge on any atom is -0.383 e. The van der Waals surface area contributed by atoms with Crippen LogP contribution in [0.5, 0.6) is 0 Å². The van der Waals surface area contributed by atoms with Gasteiger partial charge in [0.05, 0.1) is 33.9 Å². The third-order valence-corrected chi connectivity index (χ3v) is 6.74. The van der Waals surface area contributed by atoms with Gasteiger partial charge in [-0.25, -0.2) is 0 Å². The fraction of sp³-hybridized carbons (Fsp3) is 0.308. The van der Waals surface area contributed by atoms with Crippen molar-refractivity contribution in [3.05, 3.63) is 75.7 Å². The molecule has 0 aliphatic carbocycles. The second-order valence-electron chi connectivity index (χ2n) is 9.49. The maximum Gasteiger partial charge on any atom is 0.417 e. The predicted octanol–water partition coefficient (Wildman–Crippen LogP) is 4.76. The molecule has 4 N–H and O–H groups in total. The van der Waals surface area contributed by atoms with Gasteiger partial charge in [0.1, 0.15) is 0 Å². The Morgan fingerprint density at radius 3 is 2.56 bits per heavy atom. The van der Waals surface area contributed by atoms with Crippen LogP contribution in [0.25, 0.3) is 5.70 Å². The molecule has 0 radical (unpaired) electrons. The van der Waals surface area contributed by atoms with Gasteiger partial charge in [-0.1, -0.05) is 17.7 Å².